The fourth-order valence-electron chi connectivity index (χ4n) is 2.62. The number of carboxylic acids is 1. The highest BCUT2D eigenvalue weighted by atomic mass is 16.4. The second-order valence-electron chi connectivity index (χ2n) is 4.84. The van der Waals surface area contributed by atoms with E-state index in [1.165, 1.54) is 0 Å². The number of aryl methyl sites for hydroxylation is 1. The van der Waals surface area contributed by atoms with Crippen molar-refractivity contribution >= 4 is 11.7 Å². The van der Waals surface area contributed by atoms with E-state index in [2.05, 4.69) is 5.10 Å². The van der Waals surface area contributed by atoms with E-state index in [1.54, 1.807) is 10.9 Å². The highest BCUT2D eigenvalue weighted by molar-refractivity contribution is 5.82. The van der Waals surface area contributed by atoms with Gasteiger partial charge >= 0.3 is 5.97 Å². The first kappa shape index (κ1) is 11.8. The first-order valence-corrected chi connectivity index (χ1v) is 6.20. The molecule has 5 nitrogen and oxygen atoms in total. The highest BCUT2D eigenvalue weighted by Gasteiger charge is 2.34. The number of rotatable bonds is 3. The van der Waals surface area contributed by atoms with E-state index in [0.29, 0.717) is 13.0 Å². The van der Waals surface area contributed by atoms with Gasteiger partial charge in [-0.2, -0.15) is 5.10 Å². The summed E-state index contributed by atoms with van der Waals surface area (Å²) in [6.45, 7) is 0.571. The minimum Gasteiger partial charge on any atom is -0.480 e. The summed E-state index contributed by atoms with van der Waals surface area (Å²) < 4.78 is 1.73. The number of anilines is 1. The lowest BCUT2D eigenvalue weighted by Gasteiger charge is -2.24. The normalized spacial score (nSPS) is 17.5. The molecule has 0 bridgehead atoms. The van der Waals surface area contributed by atoms with Crippen molar-refractivity contribution in [2.45, 2.75) is 19.0 Å². The molecule has 1 N–H and O–H groups in total. The molecule has 0 amide bonds. The van der Waals surface area contributed by atoms with E-state index in [9.17, 15) is 9.90 Å². The summed E-state index contributed by atoms with van der Waals surface area (Å²) in [5.41, 5.74) is 3.13. The monoisotopic (exact) mass is 257 g/mol. The van der Waals surface area contributed by atoms with E-state index in [-0.39, 0.29) is 0 Å². The summed E-state index contributed by atoms with van der Waals surface area (Å²) in [5.74, 6) is -0.778. The molecule has 98 valence electrons. The van der Waals surface area contributed by atoms with Crippen LogP contribution in [0.5, 0.6) is 0 Å². The van der Waals surface area contributed by atoms with Crippen LogP contribution in [0.15, 0.2) is 36.7 Å². The molecule has 0 fully saturated rings. The van der Waals surface area contributed by atoms with Crippen LogP contribution in [-0.2, 0) is 24.8 Å². The molecule has 1 unspecified atom stereocenters. The Balaban J connectivity index is 1.93. The number of carboxylic acid groups (broad SMARTS) is 1. The lowest BCUT2D eigenvalue weighted by molar-refractivity contribution is -0.138. The predicted molar refractivity (Wildman–Crippen MR) is 71.0 cm³/mol. The number of hydrogen-bond donors (Lipinski definition) is 1. The Morgan fingerprint density at radius 3 is 2.95 bits per heavy atom. The maximum atomic E-state index is 11.4. The molecular weight excluding hydrogens is 242 g/mol. The first-order valence-electron chi connectivity index (χ1n) is 6.20. The van der Waals surface area contributed by atoms with Crippen molar-refractivity contribution in [1.29, 1.82) is 0 Å². The van der Waals surface area contributed by atoms with E-state index < -0.39 is 12.0 Å². The van der Waals surface area contributed by atoms with Crippen LogP contribution in [0.3, 0.4) is 0 Å². The van der Waals surface area contributed by atoms with Crippen LogP contribution in [0.4, 0.5) is 5.69 Å². The lowest BCUT2D eigenvalue weighted by Crippen LogP contribution is -2.38. The van der Waals surface area contributed by atoms with Crippen LogP contribution in [-0.4, -0.2) is 26.9 Å². The standard InChI is InChI=1S/C14H15N3O2/c1-16-8-10(7-15-16)9-17-12-5-3-2-4-11(12)6-13(17)14(18)19/h2-5,7-8,13H,6,9H2,1H3,(H,18,19). The number of hydrogen-bond acceptors (Lipinski definition) is 3. The molecule has 0 radical (unpaired) electrons. The zero-order valence-corrected chi connectivity index (χ0v) is 10.7. The number of para-hydroxylation sites is 1. The van der Waals surface area contributed by atoms with Gasteiger partial charge in [-0.1, -0.05) is 18.2 Å². The Labute approximate surface area is 111 Å². The summed E-state index contributed by atoms with van der Waals surface area (Å²) >= 11 is 0. The SMILES string of the molecule is Cn1cc(CN2c3ccccc3CC2C(=O)O)cn1. The van der Waals surface area contributed by atoms with Crippen molar-refractivity contribution in [3.8, 4) is 0 Å². The molecule has 0 spiro atoms. The molecule has 1 aliphatic rings. The van der Waals surface area contributed by atoms with Gasteiger partial charge in [0.1, 0.15) is 6.04 Å². The van der Waals surface area contributed by atoms with E-state index in [1.807, 2.05) is 42.4 Å². The molecule has 0 aliphatic carbocycles. The fourth-order valence-corrected chi connectivity index (χ4v) is 2.62. The number of nitrogens with zero attached hydrogens (tertiary/aromatic N) is 3. The van der Waals surface area contributed by atoms with Crippen LogP contribution in [0.2, 0.25) is 0 Å². The second kappa shape index (κ2) is 4.42. The van der Waals surface area contributed by atoms with Gasteiger partial charge in [0, 0.05) is 37.5 Å². The Morgan fingerprint density at radius 1 is 1.47 bits per heavy atom. The molecule has 5 heteroatoms. The van der Waals surface area contributed by atoms with Gasteiger partial charge in [-0.3, -0.25) is 4.68 Å². The van der Waals surface area contributed by atoms with Gasteiger partial charge < -0.3 is 10.0 Å². The number of aliphatic carboxylic acids is 1. The van der Waals surface area contributed by atoms with Gasteiger partial charge in [-0.15, -0.1) is 0 Å². The molecule has 1 aromatic carbocycles. The summed E-state index contributed by atoms with van der Waals surface area (Å²) in [4.78, 5) is 13.4. The van der Waals surface area contributed by atoms with E-state index in [0.717, 1.165) is 16.8 Å². The third-order valence-corrected chi connectivity index (χ3v) is 3.49. The Bertz CT molecular complexity index is 621. The molecule has 19 heavy (non-hydrogen) atoms. The van der Waals surface area contributed by atoms with Crippen molar-refractivity contribution in [2.24, 2.45) is 7.05 Å². The summed E-state index contributed by atoms with van der Waals surface area (Å²) in [6.07, 6.45) is 4.26. The summed E-state index contributed by atoms with van der Waals surface area (Å²) in [6, 6.07) is 7.38. The van der Waals surface area contributed by atoms with Crippen LogP contribution in [0, 0.1) is 0 Å². The number of fused-ring (bicyclic) bond motifs is 1. The lowest BCUT2D eigenvalue weighted by atomic mass is 10.1. The molecule has 0 saturated carbocycles. The minimum atomic E-state index is -0.778. The Hall–Kier alpha value is -2.30. The third-order valence-electron chi connectivity index (χ3n) is 3.49. The smallest absolute Gasteiger partial charge is 0.326 e. The molecule has 1 aliphatic heterocycles. The molecular formula is C14H15N3O2. The number of aromatic nitrogens is 2. The fraction of sp³-hybridized carbons (Fsp3) is 0.286. The van der Waals surface area contributed by atoms with Gasteiger partial charge in [0.05, 0.1) is 6.20 Å². The molecule has 2 heterocycles. The van der Waals surface area contributed by atoms with Crippen LogP contribution < -0.4 is 4.90 Å². The maximum Gasteiger partial charge on any atom is 0.326 e. The first-order chi connectivity index (χ1) is 9.15. The summed E-state index contributed by atoms with van der Waals surface area (Å²) in [7, 11) is 1.86. The largest absolute Gasteiger partial charge is 0.480 e. The maximum absolute atomic E-state index is 11.4. The quantitative estimate of drug-likeness (QED) is 0.903. The number of benzene rings is 1. The van der Waals surface area contributed by atoms with Crippen molar-refractivity contribution in [1.82, 2.24) is 9.78 Å². The average Bonchev–Trinajstić information content (AvgIpc) is 2.95. The van der Waals surface area contributed by atoms with Crippen molar-refractivity contribution in [3.63, 3.8) is 0 Å². The van der Waals surface area contributed by atoms with Crippen molar-refractivity contribution in [2.75, 3.05) is 4.90 Å². The Morgan fingerprint density at radius 2 is 2.26 bits per heavy atom. The van der Waals surface area contributed by atoms with Gasteiger partial charge in [0.25, 0.3) is 0 Å². The van der Waals surface area contributed by atoms with Gasteiger partial charge in [-0.25, -0.2) is 4.79 Å². The van der Waals surface area contributed by atoms with Crippen molar-refractivity contribution < 1.29 is 9.90 Å². The zero-order valence-electron chi connectivity index (χ0n) is 10.7. The molecule has 1 atom stereocenters. The third kappa shape index (κ3) is 2.07. The molecule has 3 rings (SSSR count). The van der Waals surface area contributed by atoms with Gasteiger partial charge in [0.15, 0.2) is 0 Å². The second-order valence-corrected chi connectivity index (χ2v) is 4.84. The zero-order chi connectivity index (χ0) is 13.4. The molecule has 2 aromatic rings. The van der Waals surface area contributed by atoms with Crippen LogP contribution in [0.1, 0.15) is 11.1 Å². The van der Waals surface area contributed by atoms with Crippen LogP contribution in [0.25, 0.3) is 0 Å². The average molecular weight is 257 g/mol. The summed E-state index contributed by atoms with van der Waals surface area (Å²) in [5, 5.41) is 13.5. The predicted octanol–water partition coefficient (Wildman–Crippen LogP) is 1.44. The Kier molecular flexibility index (Phi) is 2.74. The van der Waals surface area contributed by atoms with Crippen LogP contribution >= 0.6 is 0 Å². The van der Waals surface area contributed by atoms with Gasteiger partial charge in [-0.05, 0) is 11.6 Å². The van der Waals surface area contributed by atoms with E-state index in [4.69, 9.17) is 0 Å². The molecule has 0 saturated heterocycles. The number of carbonyl (C=O) groups is 1. The topological polar surface area (TPSA) is 58.4 Å². The minimum absolute atomic E-state index is 0.488. The highest BCUT2D eigenvalue weighted by Crippen LogP contribution is 2.33. The van der Waals surface area contributed by atoms with Gasteiger partial charge in [0.2, 0.25) is 0 Å². The molecule has 1 aromatic heterocycles. The van der Waals surface area contributed by atoms with E-state index >= 15 is 0 Å². The van der Waals surface area contributed by atoms with Crippen molar-refractivity contribution in [3.05, 3.63) is 47.8 Å².